The Morgan fingerprint density at radius 1 is 1.17 bits per heavy atom. The summed E-state index contributed by atoms with van der Waals surface area (Å²) in [6.45, 7) is 10.0. The third kappa shape index (κ3) is 3.06. The molecule has 1 fully saturated rings. The molecule has 0 saturated heterocycles. The molecular formula is C20H28O3. The van der Waals surface area contributed by atoms with Crippen molar-refractivity contribution in [3.8, 4) is 0 Å². The Morgan fingerprint density at radius 2 is 1.74 bits per heavy atom. The van der Waals surface area contributed by atoms with E-state index < -0.39 is 11.4 Å². The summed E-state index contributed by atoms with van der Waals surface area (Å²) in [7, 11) is 0. The number of carboxylic acid groups (broad SMARTS) is 1. The highest BCUT2D eigenvalue weighted by molar-refractivity contribution is 6.04. The molecule has 1 aliphatic rings. The predicted octanol–water partition coefficient (Wildman–Crippen LogP) is 4.25. The Morgan fingerprint density at radius 3 is 2.26 bits per heavy atom. The Labute approximate surface area is 139 Å². The van der Waals surface area contributed by atoms with E-state index >= 15 is 0 Å². The molecule has 3 atom stereocenters. The normalized spacial score (nSPS) is 27.7. The standard InChI is InChI=1S/C20H28O3/c1-12-9-14(3)17(15(4)10-12)11-18(21)20(19(22)23)8-6-7-13(2)16(20)5/h9-10,13,16H,6-8,11H2,1-5H3,(H,22,23). The molecule has 23 heavy (non-hydrogen) atoms. The Kier molecular flexibility index (Phi) is 4.98. The molecule has 1 N–H and O–H groups in total. The van der Waals surface area contributed by atoms with Crippen LogP contribution in [0.15, 0.2) is 12.1 Å². The van der Waals surface area contributed by atoms with Crippen molar-refractivity contribution in [1.82, 2.24) is 0 Å². The lowest BCUT2D eigenvalue weighted by molar-refractivity contribution is -0.163. The van der Waals surface area contributed by atoms with Gasteiger partial charge in [0.05, 0.1) is 0 Å². The predicted molar refractivity (Wildman–Crippen MR) is 91.6 cm³/mol. The summed E-state index contributed by atoms with van der Waals surface area (Å²) in [5, 5.41) is 9.89. The van der Waals surface area contributed by atoms with Gasteiger partial charge in [-0.25, -0.2) is 0 Å². The van der Waals surface area contributed by atoms with Gasteiger partial charge in [-0.2, -0.15) is 0 Å². The molecule has 0 aromatic heterocycles. The lowest BCUT2D eigenvalue weighted by atomic mass is 9.60. The maximum absolute atomic E-state index is 13.1. The highest BCUT2D eigenvalue weighted by Crippen LogP contribution is 2.46. The van der Waals surface area contributed by atoms with Crippen LogP contribution >= 0.6 is 0 Å². The van der Waals surface area contributed by atoms with E-state index in [9.17, 15) is 14.7 Å². The van der Waals surface area contributed by atoms with Crippen LogP contribution < -0.4 is 0 Å². The highest BCUT2D eigenvalue weighted by atomic mass is 16.4. The quantitative estimate of drug-likeness (QED) is 0.845. The number of benzene rings is 1. The smallest absolute Gasteiger partial charge is 0.317 e. The van der Waals surface area contributed by atoms with Crippen molar-refractivity contribution in [2.45, 2.75) is 60.3 Å². The zero-order valence-corrected chi connectivity index (χ0v) is 14.9. The first-order valence-corrected chi connectivity index (χ1v) is 8.53. The first kappa shape index (κ1) is 17.7. The van der Waals surface area contributed by atoms with Gasteiger partial charge in [-0.1, -0.05) is 44.4 Å². The van der Waals surface area contributed by atoms with Crippen molar-refractivity contribution >= 4 is 11.8 Å². The van der Waals surface area contributed by atoms with Gasteiger partial charge in [0, 0.05) is 6.42 Å². The van der Waals surface area contributed by atoms with Crippen LogP contribution in [0.2, 0.25) is 0 Å². The molecule has 0 heterocycles. The van der Waals surface area contributed by atoms with E-state index in [4.69, 9.17) is 0 Å². The molecule has 0 bridgehead atoms. The molecule has 0 spiro atoms. The minimum atomic E-state index is -1.22. The lowest BCUT2D eigenvalue weighted by Gasteiger charge is -2.41. The fourth-order valence-electron chi connectivity index (χ4n) is 4.29. The number of aryl methyl sites for hydroxylation is 3. The fourth-order valence-corrected chi connectivity index (χ4v) is 4.29. The van der Waals surface area contributed by atoms with Crippen LogP contribution in [0.3, 0.4) is 0 Å². The Balaban J connectivity index is 2.39. The maximum Gasteiger partial charge on any atom is 0.317 e. The summed E-state index contributed by atoms with van der Waals surface area (Å²) in [6.07, 6.45) is 2.51. The van der Waals surface area contributed by atoms with Gasteiger partial charge in [0.1, 0.15) is 5.41 Å². The van der Waals surface area contributed by atoms with E-state index in [2.05, 4.69) is 19.1 Å². The first-order chi connectivity index (χ1) is 10.7. The van der Waals surface area contributed by atoms with Crippen LogP contribution in [0.25, 0.3) is 0 Å². The van der Waals surface area contributed by atoms with Gasteiger partial charge < -0.3 is 5.11 Å². The van der Waals surface area contributed by atoms with Crippen LogP contribution in [0.1, 0.15) is 55.4 Å². The van der Waals surface area contributed by atoms with Crippen molar-refractivity contribution < 1.29 is 14.7 Å². The number of carbonyl (C=O) groups excluding carboxylic acids is 1. The van der Waals surface area contributed by atoms with Crippen LogP contribution in [-0.4, -0.2) is 16.9 Å². The number of hydrogen-bond acceptors (Lipinski definition) is 2. The zero-order valence-electron chi connectivity index (χ0n) is 14.9. The molecule has 1 aromatic carbocycles. The molecule has 126 valence electrons. The zero-order chi connectivity index (χ0) is 17.4. The van der Waals surface area contributed by atoms with Crippen LogP contribution in [0.4, 0.5) is 0 Å². The molecule has 1 aromatic rings. The van der Waals surface area contributed by atoms with Crippen LogP contribution in [0, 0.1) is 38.0 Å². The second-order valence-corrected chi connectivity index (χ2v) is 7.41. The van der Waals surface area contributed by atoms with Crippen molar-refractivity contribution in [3.05, 3.63) is 34.4 Å². The first-order valence-electron chi connectivity index (χ1n) is 8.53. The number of aliphatic carboxylic acids is 1. The molecule has 0 radical (unpaired) electrons. The van der Waals surface area contributed by atoms with Gasteiger partial charge in [0.15, 0.2) is 5.78 Å². The molecular weight excluding hydrogens is 288 g/mol. The van der Waals surface area contributed by atoms with Crippen molar-refractivity contribution in [1.29, 1.82) is 0 Å². The lowest BCUT2D eigenvalue weighted by Crippen LogP contribution is -2.50. The summed E-state index contributed by atoms with van der Waals surface area (Å²) in [4.78, 5) is 25.2. The van der Waals surface area contributed by atoms with Gasteiger partial charge >= 0.3 is 5.97 Å². The van der Waals surface area contributed by atoms with E-state index in [0.717, 1.165) is 29.5 Å². The van der Waals surface area contributed by atoms with Gasteiger partial charge in [-0.15, -0.1) is 0 Å². The molecule has 0 amide bonds. The van der Waals surface area contributed by atoms with Crippen molar-refractivity contribution in [3.63, 3.8) is 0 Å². The molecule has 1 aliphatic carbocycles. The van der Waals surface area contributed by atoms with Gasteiger partial charge in [0.25, 0.3) is 0 Å². The number of ketones is 1. The van der Waals surface area contributed by atoms with Gasteiger partial charge in [-0.05, 0) is 55.7 Å². The summed E-state index contributed by atoms with van der Waals surface area (Å²) >= 11 is 0. The number of hydrogen-bond donors (Lipinski definition) is 1. The maximum atomic E-state index is 13.1. The van der Waals surface area contributed by atoms with E-state index in [-0.39, 0.29) is 24.0 Å². The average Bonchev–Trinajstić information content (AvgIpc) is 2.45. The van der Waals surface area contributed by atoms with E-state index in [1.54, 1.807) is 0 Å². The summed E-state index contributed by atoms with van der Waals surface area (Å²) < 4.78 is 0. The van der Waals surface area contributed by atoms with Crippen LogP contribution in [-0.2, 0) is 16.0 Å². The molecule has 3 unspecified atom stereocenters. The molecule has 3 nitrogen and oxygen atoms in total. The second kappa shape index (κ2) is 6.46. The fraction of sp³-hybridized carbons (Fsp3) is 0.600. The van der Waals surface area contributed by atoms with Crippen molar-refractivity contribution in [2.24, 2.45) is 17.3 Å². The Hall–Kier alpha value is -1.64. The highest BCUT2D eigenvalue weighted by Gasteiger charge is 2.52. The average molecular weight is 316 g/mol. The van der Waals surface area contributed by atoms with Gasteiger partial charge in [-0.3, -0.25) is 9.59 Å². The molecule has 3 heteroatoms. The Bertz CT molecular complexity index is 609. The number of rotatable bonds is 4. The summed E-state index contributed by atoms with van der Waals surface area (Å²) in [6, 6.07) is 4.13. The van der Waals surface area contributed by atoms with E-state index in [0.29, 0.717) is 6.42 Å². The van der Waals surface area contributed by atoms with Gasteiger partial charge in [0.2, 0.25) is 0 Å². The number of Topliss-reactive ketones (excluding diaryl/α,β-unsaturated/α-hetero) is 1. The third-order valence-corrected chi connectivity index (χ3v) is 5.92. The number of carboxylic acids is 1. The minimum absolute atomic E-state index is 0.118. The largest absolute Gasteiger partial charge is 0.480 e. The second-order valence-electron chi connectivity index (χ2n) is 7.41. The molecule has 2 rings (SSSR count). The third-order valence-electron chi connectivity index (χ3n) is 5.92. The van der Waals surface area contributed by atoms with Crippen LogP contribution in [0.5, 0.6) is 0 Å². The monoisotopic (exact) mass is 316 g/mol. The molecule has 0 aliphatic heterocycles. The number of carbonyl (C=O) groups is 2. The summed E-state index contributed by atoms with van der Waals surface area (Å²) in [5.41, 5.74) is 3.10. The van der Waals surface area contributed by atoms with Crippen molar-refractivity contribution in [2.75, 3.05) is 0 Å². The molecule has 1 saturated carbocycles. The van der Waals surface area contributed by atoms with E-state index in [1.165, 1.54) is 5.56 Å². The minimum Gasteiger partial charge on any atom is -0.480 e. The topological polar surface area (TPSA) is 54.4 Å². The van der Waals surface area contributed by atoms with E-state index in [1.807, 2.05) is 27.7 Å². The SMILES string of the molecule is Cc1cc(C)c(CC(=O)C2(C(=O)O)CCCC(C)C2C)c(C)c1. The summed E-state index contributed by atoms with van der Waals surface area (Å²) in [5.74, 6) is -0.917.